The minimum atomic E-state index is -0.487. The van der Waals surface area contributed by atoms with Gasteiger partial charge in [-0.2, -0.15) is 5.26 Å². The van der Waals surface area contributed by atoms with Crippen molar-refractivity contribution >= 4 is 28.9 Å². The lowest BCUT2D eigenvalue weighted by Crippen LogP contribution is -2.15. The zero-order valence-corrected chi connectivity index (χ0v) is 15.2. The molecule has 4 nitrogen and oxygen atoms in total. The molecule has 0 aromatic heterocycles. The summed E-state index contributed by atoms with van der Waals surface area (Å²) in [6.45, 7) is 6.05. The first-order valence-corrected chi connectivity index (χ1v) is 8.33. The number of nitrogens with one attached hydrogen (secondary N) is 2. The minimum absolute atomic E-state index is 0.0210. The summed E-state index contributed by atoms with van der Waals surface area (Å²) in [6.07, 6.45) is 1.40. The van der Waals surface area contributed by atoms with E-state index in [1.807, 2.05) is 37.3 Å². The van der Waals surface area contributed by atoms with Crippen LogP contribution in [0.15, 0.2) is 54.2 Å². The molecule has 0 aliphatic carbocycles. The first-order valence-electron chi connectivity index (χ1n) is 7.95. The summed E-state index contributed by atoms with van der Waals surface area (Å²) in [5, 5.41) is 15.5. The van der Waals surface area contributed by atoms with Gasteiger partial charge in [0.15, 0.2) is 0 Å². The fourth-order valence-electron chi connectivity index (χ4n) is 2.20. The Kier molecular flexibility index (Phi) is 6.21. The van der Waals surface area contributed by atoms with Gasteiger partial charge in [0.25, 0.3) is 5.91 Å². The lowest BCUT2D eigenvalue weighted by atomic mass is 10.0. The fourth-order valence-corrected chi connectivity index (χ4v) is 2.38. The highest BCUT2D eigenvalue weighted by molar-refractivity contribution is 6.31. The van der Waals surface area contributed by atoms with Gasteiger partial charge in [-0.3, -0.25) is 4.79 Å². The Morgan fingerprint density at radius 2 is 1.88 bits per heavy atom. The first-order chi connectivity index (χ1) is 11.9. The van der Waals surface area contributed by atoms with Gasteiger partial charge in [-0.25, -0.2) is 0 Å². The number of hydrogen-bond acceptors (Lipinski definition) is 3. The van der Waals surface area contributed by atoms with E-state index in [4.69, 9.17) is 11.6 Å². The highest BCUT2D eigenvalue weighted by Gasteiger charge is 2.11. The summed E-state index contributed by atoms with van der Waals surface area (Å²) in [4.78, 5) is 12.3. The standard InChI is InChI=1S/C20H20ClN3O/c1-13(2)15-7-9-17(10-8-15)23-12-16(11-22)20(25)24-19-6-4-5-18(21)14(19)3/h4-10,12-13,23H,1-3H3,(H,24,25)/b16-12-. The number of nitrogens with zero attached hydrogens (tertiary/aromatic N) is 1. The minimum Gasteiger partial charge on any atom is -0.360 e. The van der Waals surface area contributed by atoms with Gasteiger partial charge in [-0.15, -0.1) is 0 Å². The molecule has 2 N–H and O–H groups in total. The maximum atomic E-state index is 12.3. The van der Waals surface area contributed by atoms with Crippen molar-refractivity contribution in [2.45, 2.75) is 26.7 Å². The average molecular weight is 354 g/mol. The molecular weight excluding hydrogens is 334 g/mol. The Labute approximate surface area is 153 Å². The summed E-state index contributed by atoms with van der Waals surface area (Å²) >= 11 is 6.04. The second-order valence-corrected chi connectivity index (χ2v) is 6.36. The first kappa shape index (κ1) is 18.6. The lowest BCUT2D eigenvalue weighted by Gasteiger charge is -2.09. The Morgan fingerprint density at radius 1 is 1.20 bits per heavy atom. The lowest BCUT2D eigenvalue weighted by molar-refractivity contribution is -0.112. The van der Waals surface area contributed by atoms with Gasteiger partial charge in [-0.1, -0.05) is 43.6 Å². The van der Waals surface area contributed by atoms with Crippen molar-refractivity contribution in [1.82, 2.24) is 0 Å². The van der Waals surface area contributed by atoms with Crippen LogP contribution in [0, 0.1) is 18.3 Å². The molecule has 0 spiro atoms. The van der Waals surface area contributed by atoms with Crippen LogP contribution in [0.4, 0.5) is 11.4 Å². The molecule has 5 heteroatoms. The van der Waals surface area contributed by atoms with Gasteiger partial charge < -0.3 is 10.6 Å². The molecule has 0 saturated heterocycles. The van der Waals surface area contributed by atoms with E-state index in [0.717, 1.165) is 11.3 Å². The Bertz CT molecular complexity index is 833. The maximum Gasteiger partial charge on any atom is 0.267 e. The summed E-state index contributed by atoms with van der Waals surface area (Å²) in [6, 6.07) is 15.0. The maximum absolute atomic E-state index is 12.3. The molecule has 25 heavy (non-hydrogen) atoms. The van der Waals surface area contributed by atoms with Crippen molar-refractivity contribution in [1.29, 1.82) is 5.26 Å². The third-order valence-corrected chi connectivity index (χ3v) is 4.25. The van der Waals surface area contributed by atoms with Gasteiger partial charge in [0, 0.05) is 22.6 Å². The van der Waals surface area contributed by atoms with E-state index in [2.05, 4.69) is 24.5 Å². The Hall–Kier alpha value is -2.77. The predicted molar refractivity (Wildman–Crippen MR) is 103 cm³/mol. The van der Waals surface area contributed by atoms with E-state index in [0.29, 0.717) is 16.6 Å². The third kappa shape index (κ3) is 4.85. The molecule has 2 rings (SSSR count). The highest BCUT2D eigenvalue weighted by Crippen LogP contribution is 2.23. The van der Waals surface area contributed by atoms with Gasteiger partial charge in [0.1, 0.15) is 11.6 Å². The number of halogens is 1. The zero-order chi connectivity index (χ0) is 18.4. The van der Waals surface area contributed by atoms with Crippen LogP contribution in [0.3, 0.4) is 0 Å². The van der Waals surface area contributed by atoms with Crippen molar-refractivity contribution in [2.24, 2.45) is 0 Å². The van der Waals surface area contributed by atoms with Crippen molar-refractivity contribution in [3.63, 3.8) is 0 Å². The summed E-state index contributed by atoms with van der Waals surface area (Å²) in [5.41, 5.74) is 3.35. The van der Waals surface area contributed by atoms with Crippen LogP contribution in [-0.2, 0) is 4.79 Å². The van der Waals surface area contributed by atoms with Crippen molar-refractivity contribution < 1.29 is 4.79 Å². The van der Waals surface area contributed by atoms with E-state index in [-0.39, 0.29) is 5.57 Å². The van der Waals surface area contributed by atoms with Crippen LogP contribution in [0.5, 0.6) is 0 Å². The van der Waals surface area contributed by atoms with E-state index < -0.39 is 5.91 Å². The molecule has 1 amide bonds. The van der Waals surface area contributed by atoms with Crippen molar-refractivity contribution in [2.75, 3.05) is 10.6 Å². The second kappa shape index (κ2) is 8.36. The predicted octanol–water partition coefficient (Wildman–Crippen LogP) is 5.23. The number of rotatable bonds is 5. The second-order valence-electron chi connectivity index (χ2n) is 5.96. The number of benzene rings is 2. The third-order valence-electron chi connectivity index (χ3n) is 3.84. The van der Waals surface area contributed by atoms with Crippen LogP contribution in [-0.4, -0.2) is 5.91 Å². The van der Waals surface area contributed by atoms with E-state index in [9.17, 15) is 10.1 Å². The molecule has 0 saturated carbocycles. The topological polar surface area (TPSA) is 64.9 Å². The molecule has 0 aliphatic heterocycles. The van der Waals surface area contributed by atoms with Gasteiger partial charge in [0.2, 0.25) is 0 Å². The van der Waals surface area contributed by atoms with Crippen LogP contribution in [0.1, 0.15) is 30.9 Å². The molecule has 0 unspecified atom stereocenters. The van der Waals surface area contributed by atoms with Crippen molar-refractivity contribution in [3.05, 3.63) is 70.4 Å². The SMILES string of the molecule is Cc1c(Cl)cccc1NC(=O)/C(C#N)=C\Nc1ccc(C(C)C)cc1. The number of nitriles is 1. The molecule has 0 atom stereocenters. The molecule has 0 aliphatic rings. The largest absolute Gasteiger partial charge is 0.360 e. The smallest absolute Gasteiger partial charge is 0.267 e. The van der Waals surface area contributed by atoms with E-state index in [1.165, 1.54) is 11.8 Å². The Morgan fingerprint density at radius 3 is 2.48 bits per heavy atom. The molecule has 128 valence electrons. The van der Waals surface area contributed by atoms with Crippen LogP contribution < -0.4 is 10.6 Å². The number of carbonyl (C=O) groups excluding carboxylic acids is 1. The zero-order valence-electron chi connectivity index (χ0n) is 14.4. The van der Waals surface area contributed by atoms with Crippen LogP contribution >= 0.6 is 11.6 Å². The normalized spacial score (nSPS) is 11.1. The van der Waals surface area contributed by atoms with Crippen molar-refractivity contribution in [3.8, 4) is 6.07 Å². The van der Waals surface area contributed by atoms with Gasteiger partial charge in [-0.05, 0) is 48.2 Å². The number of hydrogen-bond donors (Lipinski definition) is 2. The summed E-state index contributed by atoms with van der Waals surface area (Å²) in [5.74, 6) is -0.0369. The van der Waals surface area contributed by atoms with E-state index in [1.54, 1.807) is 18.2 Å². The molecule has 0 radical (unpaired) electrons. The van der Waals surface area contributed by atoms with Gasteiger partial charge >= 0.3 is 0 Å². The summed E-state index contributed by atoms with van der Waals surface area (Å²) in [7, 11) is 0. The summed E-state index contributed by atoms with van der Waals surface area (Å²) < 4.78 is 0. The Balaban J connectivity index is 2.10. The highest BCUT2D eigenvalue weighted by atomic mass is 35.5. The molecule has 0 fully saturated rings. The average Bonchev–Trinajstić information content (AvgIpc) is 2.60. The number of anilines is 2. The quantitative estimate of drug-likeness (QED) is 0.571. The van der Waals surface area contributed by atoms with Gasteiger partial charge in [0.05, 0.1) is 0 Å². The number of carbonyl (C=O) groups is 1. The molecule has 2 aromatic rings. The van der Waals surface area contributed by atoms with Crippen LogP contribution in [0.2, 0.25) is 5.02 Å². The van der Waals surface area contributed by atoms with Crippen LogP contribution in [0.25, 0.3) is 0 Å². The fraction of sp³-hybridized carbons (Fsp3) is 0.200. The van der Waals surface area contributed by atoms with E-state index >= 15 is 0 Å². The molecule has 0 heterocycles. The number of amides is 1. The molecule has 2 aromatic carbocycles. The monoisotopic (exact) mass is 353 g/mol. The molecule has 0 bridgehead atoms. The molecular formula is C20H20ClN3O.